The van der Waals surface area contributed by atoms with E-state index < -0.39 is 31.0 Å². The van der Waals surface area contributed by atoms with Gasteiger partial charge in [0.2, 0.25) is 0 Å². The van der Waals surface area contributed by atoms with Crippen molar-refractivity contribution >= 4 is 6.29 Å². The van der Waals surface area contributed by atoms with Crippen molar-refractivity contribution < 1.29 is 35.4 Å². The maximum atomic E-state index is 11.0. The van der Waals surface area contributed by atoms with Gasteiger partial charge in [-0.25, -0.2) is 0 Å². The Morgan fingerprint density at radius 3 is 2.36 bits per heavy atom. The van der Waals surface area contributed by atoms with Crippen LogP contribution < -0.4 is 5.32 Å². The molecule has 4 atom stereocenters. The van der Waals surface area contributed by atoms with Crippen molar-refractivity contribution in [2.45, 2.75) is 30.8 Å². The van der Waals surface area contributed by atoms with E-state index in [9.17, 15) is 30.3 Å². The topological polar surface area (TPSA) is 150 Å². The Bertz CT molecular complexity index is 482. The number of phenolic OH excluding ortho intramolecular Hbond substituents is 2. The Hall–Kier alpha value is -1.71. The third-order valence-corrected chi connectivity index (χ3v) is 3.29. The van der Waals surface area contributed by atoms with Crippen LogP contribution in [0.15, 0.2) is 18.2 Å². The minimum atomic E-state index is -1.67. The number of carbonyl (C=O) groups is 1. The normalized spacial score (nSPS) is 16.7. The standard InChI is InChI=1S/C14H21NO7/c16-6-10(13(21)14(22)12(20)7-17)15-4-3-8-1-2-9(18)5-11(8)19/h1-2,5-6,10,12-15,17-22H,3-4,7H2/t10-,12+,13+,14+/m0/s1. The van der Waals surface area contributed by atoms with Crippen LogP contribution >= 0.6 is 0 Å². The lowest BCUT2D eigenvalue weighted by Crippen LogP contribution is -2.52. The Kier molecular flexibility index (Phi) is 7.22. The second kappa shape index (κ2) is 8.66. The molecule has 8 nitrogen and oxygen atoms in total. The summed E-state index contributed by atoms with van der Waals surface area (Å²) in [5, 5.41) is 58.7. The van der Waals surface area contributed by atoms with Crippen molar-refractivity contribution in [3.05, 3.63) is 23.8 Å². The van der Waals surface area contributed by atoms with Gasteiger partial charge in [-0.3, -0.25) is 0 Å². The number of aliphatic hydroxyl groups excluding tert-OH is 4. The molecule has 0 fully saturated rings. The van der Waals surface area contributed by atoms with E-state index in [1.165, 1.54) is 18.2 Å². The molecule has 0 saturated heterocycles. The maximum absolute atomic E-state index is 11.0. The number of benzene rings is 1. The number of carbonyl (C=O) groups excluding carboxylic acids is 1. The van der Waals surface area contributed by atoms with Gasteiger partial charge in [0.25, 0.3) is 0 Å². The highest BCUT2D eigenvalue weighted by molar-refractivity contribution is 5.58. The highest BCUT2D eigenvalue weighted by Gasteiger charge is 2.30. The zero-order valence-corrected chi connectivity index (χ0v) is 11.8. The van der Waals surface area contributed by atoms with Crippen molar-refractivity contribution in [1.29, 1.82) is 0 Å². The zero-order chi connectivity index (χ0) is 16.7. The van der Waals surface area contributed by atoms with Gasteiger partial charge in [0.15, 0.2) is 0 Å². The molecular formula is C14H21NO7. The largest absolute Gasteiger partial charge is 0.508 e. The van der Waals surface area contributed by atoms with Gasteiger partial charge in [0.1, 0.15) is 36.1 Å². The minimum absolute atomic E-state index is 0.0727. The average molecular weight is 315 g/mol. The first-order valence-corrected chi connectivity index (χ1v) is 6.75. The molecule has 124 valence electrons. The van der Waals surface area contributed by atoms with Gasteiger partial charge in [-0.2, -0.15) is 0 Å². The molecule has 0 unspecified atom stereocenters. The Labute approximate surface area is 127 Å². The van der Waals surface area contributed by atoms with E-state index in [1.807, 2.05) is 0 Å². The van der Waals surface area contributed by atoms with Gasteiger partial charge in [-0.15, -0.1) is 0 Å². The van der Waals surface area contributed by atoms with E-state index in [4.69, 9.17) is 5.11 Å². The molecule has 1 rings (SSSR count). The molecule has 0 spiro atoms. The van der Waals surface area contributed by atoms with Crippen LogP contribution in [-0.2, 0) is 11.2 Å². The van der Waals surface area contributed by atoms with Gasteiger partial charge >= 0.3 is 0 Å². The molecule has 0 aromatic heterocycles. The summed E-state index contributed by atoms with van der Waals surface area (Å²) in [4.78, 5) is 11.0. The van der Waals surface area contributed by atoms with Crippen LogP contribution in [-0.4, -0.2) is 74.4 Å². The quantitative estimate of drug-likeness (QED) is 0.255. The summed E-state index contributed by atoms with van der Waals surface area (Å²) in [5.41, 5.74) is 0.528. The highest BCUT2D eigenvalue weighted by atomic mass is 16.4. The first-order valence-electron chi connectivity index (χ1n) is 6.75. The first-order chi connectivity index (χ1) is 10.4. The predicted octanol–water partition coefficient (Wildman–Crippen LogP) is -2.13. The van der Waals surface area contributed by atoms with E-state index in [0.717, 1.165) is 0 Å². The summed E-state index contributed by atoms with van der Waals surface area (Å²) in [6, 6.07) is 2.96. The van der Waals surface area contributed by atoms with Gasteiger partial charge in [0, 0.05) is 12.6 Å². The Balaban J connectivity index is 2.55. The van der Waals surface area contributed by atoms with E-state index in [0.29, 0.717) is 18.3 Å². The fourth-order valence-electron chi connectivity index (χ4n) is 1.93. The fourth-order valence-corrected chi connectivity index (χ4v) is 1.93. The van der Waals surface area contributed by atoms with Crippen LogP contribution in [0.2, 0.25) is 0 Å². The van der Waals surface area contributed by atoms with E-state index in [-0.39, 0.29) is 18.0 Å². The molecule has 8 heteroatoms. The van der Waals surface area contributed by atoms with Crippen LogP contribution in [0.3, 0.4) is 0 Å². The smallest absolute Gasteiger partial charge is 0.139 e. The molecule has 0 aliphatic rings. The van der Waals surface area contributed by atoms with Crippen LogP contribution in [0.1, 0.15) is 5.56 Å². The number of hydrogen-bond donors (Lipinski definition) is 7. The number of phenols is 2. The Morgan fingerprint density at radius 2 is 1.82 bits per heavy atom. The maximum Gasteiger partial charge on any atom is 0.139 e. The van der Waals surface area contributed by atoms with E-state index in [1.54, 1.807) is 0 Å². The van der Waals surface area contributed by atoms with Crippen molar-refractivity contribution in [3.63, 3.8) is 0 Å². The molecule has 0 bridgehead atoms. The van der Waals surface area contributed by atoms with Crippen LogP contribution in [0, 0.1) is 0 Å². The third-order valence-electron chi connectivity index (χ3n) is 3.29. The Morgan fingerprint density at radius 1 is 1.14 bits per heavy atom. The van der Waals surface area contributed by atoms with Gasteiger partial charge in [-0.1, -0.05) is 6.07 Å². The zero-order valence-electron chi connectivity index (χ0n) is 11.8. The lowest BCUT2D eigenvalue weighted by molar-refractivity contribution is -0.120. The predicted molar refractivity (Wildman–Crippen MR) is 76.4 cm³/mol. The minimum Gasteiger partial charge on any atom is -0.508 e. The average Bonchev–Trinajstić information content (AvgIpc) is 2.51. The van der Waals surface area contributed by atoms with Gasteiger partial charge in [0.05, 0.1) is 12.6 Å². The second-order valence-electron chi connectivity index (χ2n) is 4.91. The number of rotatable bonds is 9. The first kappa shape index (κ1) is 18.3. The monoisotopic (exact) mass is 315 g/mol. The molecule has 0 aliphatic heterocycles. The number of nitrogens with one attached hydrogen (secondary N) is 1. The van der Waals surface area contributed by atoms with Crippen LogP contribution in [0.25, 0.3) is 0 Å². The summed E-state index contributed by atoms with van der Waals surface area (Å²) in [6.07, 6.45) is -4.13. The van der Waals surface area contributed by atoms with Crippen molar-refractivity contribution in [3.8, 4) is 11.5 Å². The van der Waals surface area contributed by atoms with Gasteiger partial charge in [-0.05, 0) is 18.1 Å². The molecule has 1 aromatic rings. The molecule has 1 aromatic carbocycles. The molecule has 22 heavy (non-hydrogen) atoms. The third kappa shape index (κ3) is 4.93. The molecule has 0 radical (unpaired) electrons. The second-order valence-corrected chi connectivity index (χ2v) is 4.91. The summed E-state index contributed by atoms with van der Waals surface area (Å²) in [6.45, 7) is -0.550. The van der Waals surface area contributed by atoms with E-state index in [2.05, 4.69) is 5.32 Å². The summed E-state index contributed by atoms with van der Waals surface area (Å²) >= 11 is 0. The lowest BCUT2D eigenvalue weighted by Gasteiger charge is -2.26. The molecule has 0 amide bonds. The van der Waals surface area contributed by atoms with Crippen molar-refractivity contribution in [2.75, 3.05) is 13.2 Å². The summed E-state index contributed by atoms with van der Waals surface area (Å²) in [7, 11) is 0. The van der Waals surface area contributed by atoms with Crippen LogP contribution in [0.4, 0.5) is 0 Å². The number of aldehydes is 1. The molecular weight excluding hydrogens is 294 g/mol. The van der Waals surface area contributed by atoms with Crippen molar-refractivity contribution in [1.82, 2.24) is 5.32 Å². The fraction of sp³-hybridized carbons (Fsp3) is 0.500. The molecule has 0 aliphatic carbocycles. The molecule has 0 saturated carbocycles. The van der Waals surface area contributed by atoms with Gasteiger partial charge < -0.3 is 40.8 Å². The van der Waals surface area contributed by atoms with Crippen molar-refractivity contribution in [2.24, 2.45) is 0 Å². The molecule has 7 N–H and O–H groups in total. The summed E-state index contributed by atoms with van der Waals surface area (Å²) < 4.78 is 0. The molecule has 0 heterocycles. The lowest BCUT2D eigenvalue weighted by atomic mass is 10.0. The number of aromatic hydroxyl groups is 2. The highest BCUT2D eigenvalue weighted by Crippen LogP contribution is 2.22. The number of hydrogen-bond acceptors (Lipinski definition) is 8. The SMILES string of the molecule is O=C[C@H](NCCc1ccc(O)cc1O)[C@@H](O)[C@H](O)[C@H](O)CO. The van der Waals surface area contributed by atoms with Crippen LogP contribution in [0.5, 0.6) is 11.5 Å². The van der Waals surface area contributed by atoms with E-state index >= 15 is 0 Å². The number of aliphatic hydroxyl groups is 4. The summed E-state index contributed by atoms with van der Waals surface area (Å²) in [5.74, 6) is -0.169.